The fourth-order valence-corrected chi connectivity index (χ4v) is 2.26. The molecular weight excluding hydrogens is 202 g/mol. The minimum Gasteiger partial charge on any atom is -0.463 e. The summed E-state index contributed by atoms with van der Waals surface area (Å²) >= 11 is 0. The summed E-state index contributed by atoms with van der Waals surface area (Å²) in [6, 6.07) is 0. The van der Waals surface area contributed by atoms with Gasteiger partial charge in [-0.05, 0) is 39.2 Å². The summed E-state index contributed by atoms with van der Waals surface area (Å²) in [5.41, 5.74) is 0. The Hall–Kier alpha value is -0.570. The van der Waals surface area contributed by atoms with Crippen LogP contribution in [0.5, 0.6) is 0 Å². The van der Waals surface area contributed by atoms with Gasteiger partial charge in [-0.1, -0.05) is 13.8 Å². The highest BCUT2D eigenvalue weighted by Crippen LogP contribution is 2.19. The minimum absolute atomic E-state index is 0.00738. The van der Waals surface area contributed by atoms with E-state index >= 15 is 0 Å². The fourth-order valence-electron chi connectivity index (χ4n) is 2.26. The average molecular weight is 227 g/mol. The van der Waals surface area contributed by atoms with Crippen LogP contribution in [-0.2, 0) is 9.53 Å². The van der Waals surface area contributed by atoms with Crippen LogP contribution < -0.4 is 0 Å². The van der Waals surface area contributed by atoms with Gasteiger partial charge in [0.25, 0.3) is 0 Å². The van der Waals surface area contributed by atoms with E-state index in [0.717, 1.165) is 32.5 Å². The van der Waals surface area contributed by atoms with Crippen molar-refractivity contribution in [1.82, 2.24) is 4.90 Å². The molecular formula is C13H25NO2. The van der Waals surface area contributed by atoms with E-state index in [4.69, 9.17) is 4.74 Å². The molecule has 1 aliphatic heterocycles. The van der Waals surface area contributed by atoms with Gasteiger partial charge in [-0.2, -0.15) is 0 Å². The summed E-state index contributed by atoms with van der Waals surface area (Å²) in [4.78, 5) is 14.2. The van der Waals surface area contributed by atoms with Crippen LogP contribution >= 0.6 is 0 Å². The number of ether oxygens (including phenoxy) is 1. The largest absolute Gasteiger partial charge is 0.463 e. The summed E-state index contributed by atoms with van der Waals surface area (Å²) in [5, 5.41) is 0. The van der Waals surface area contributed by atoms with Crippen LogP contribution in [0.1, 0.15) is 40.5 Å². The fraction of sp³-hybridized carbons (Fsp3) is 0.923. The molecule has 0 saturated carbocycles. The van der Waals surface area contributed by atoms with Crippen LogP contribution in [0.4, 0.5) is 0 Å². The van der Waals surface area contributed by atoms with Crippen molar-refractivity contribution >= 4 is 5.97 Å². The summed E-state index contributed by atoms with van der Waals surface area (Å²) in [7, 11) is 0. The molecule has 0 N–H and O–H groups in total. The van der Waals surface area contributed by atoms with Crippen LogP contribution in [0.15, 0.2) is 0 Å². The standard InChI is InChI=1S/C13H25NO2/c1-10(2)8-14-7-5-6-12(9-14)13(15)16-11(3)4/h10-12H,5-9H2,1-4H3. The molecule has 0 radical (unpaired) electrons. The number of likely N-dealkylation sites (tertiary alicyclic amines) is 1. The van der Waals surface area contributed by atoms with Crippen molar-refractivity contribution in [2.24, 2.45) is 11.8 Å². The minimum atomic E-state index is -0.0107. The molecule has 0 aromatic rings. The predicted octanol–water partition coefficient (Wildman–Crippen LogP) is 2.31. The molecule has 3 heteroatoms. The molecule has 1 rings (SSSR count). The second-order valence-electron chi connectivity index (χ2n) is 5.48. The first-order valence-electron chi connectivity index (χ1n) is 6.42. The molecule has 1 fully saturated rings. The van der Waals surface area contributed by atoms with Crippen LogP contribution in [0.3, 0.4) is 0 Å². The molecule has 1 saturated heterocycles. The smallest absolute Gasteiger partial charge is 0.310 e. The number of rotatable bonds is 4. The molecule has 0 bridgehead atoms. The highest BCUT2D eigenvalue weighted by Gasteiger charge is 2.27. The SMILES string of the molecule is CC(C)CN1CCCC(C(=O)OC(C)C)C1. The van der Waals surface area contributed by atoms with Gasteiger partial charge in [-0.25, -0.2) is 0 Å². The van der Waals surface area contributed by atoms with Crippen LogP contribution in [-0.4, -0.2) is 36.6 Å². The maximum atomic E-state index is 11.8. The Balaban J connectivity index is 2.40. The molecule has 0 aromatic heterocycles. The number of piperidine rings is 1. The Kier molecular flexibility index (Phi) is 5.26. The van der Waals surface area contributed by atoms with Gasteiger partial charge in [0.05, 0.1) is 12.0 Å². The van der Waals surface area contributed by atoms with Crippen LogP contribution in [0.25, 0.3) is 0 Å². The van der Waals surface area contributed by atoms with E-state index in [0.29, 0.717) is 5.92 Å². The highest BCUT2D eigenvalue weighted by atomic mass is 16.5. The normalized spacial score (nSPS) is 22.8. The number of nitrogens with zero attached hydrogens (tertiary/aromatic N) is 1. The van der Waals surface area contributed by atoms with Crippen molar-refractivity contribution in [3.63, 3.8) is 0 Å². The van der Waals surface area contributed by atoms with Gasteiger partial charge >= 0.3 is 5.97 Å². The predicted molar refractivity (Wildman–Crippen MR) is 65.2 cm³/mol. The van der Waals surface area contributed by atoms with Gasteiger partial charge in [0.1, 0.15) is 0 Å². The lowest BCUT2D eigenvalue weighted by Crippen LogP contribution is -2.41. The monoisotopic (exact) mass is 227 g/mol. The maximum Gasteiger partial charge on any atom is 0.310 e. The number of esters is 1. The Morgan fingerprint density at radius 3 is 2.62 bits per heavy atom. The Labute approximate surface area is 99.1 Å². The Bertz CT molecular complexity index is 226. The van der Waals surface area contributed by atoms with Crippen molar-refractivity contribution in [1.29, 1.82) is 0 Å². The maximum absolute atomic E-state index is 11.8. The molecule has 0 amide bonds. The van der Waals surface area contributed by atoms with Gasteiger partial charge in [0.2, 0.25) is 0 Å². The van der Waals surface area contributed by atoms with Gasteiger partial charge < -0.3 is 9.64 Å². The molecule has 1 heterocycles. The quantitative estimate of drug-likeness (QED) is 0.690. The summed E-state index contributed by atoms with van der Waals surface area (Å²) in [6.45, 7) is 11.4. The van der Waals surface area contributed by atoms with Gasteiger partial charge in [0, 0.05) is 13.1 Å². The van der Waals surface area contributed by atoms with Crippen molar-refractivity contribution in [2.75, 3.05) is 19.6 Å². The van der Waals surface area contributed by atoms with E-state index in [1.165, 1.54) is 0 Å². The molecule has 1 atom stereocenters. The molecule has 0 aromatic carbocycles. The molecule has 1 aliphatic rings. The Morgan fingerprint density at radius 1 is 1.38 bits per heavy atom. The topological polar surface area (TPSA) is 29.5 Å². The zero-order chi connectivity index (χ0) is 12.1. The average Bonchev–Trinajstić information content (AvgIpc) is 2.16. The lowest BCUT2D eigenvalue weighted by Gasteiger charge is -2.32. The van der Waals surface area contributed by atoms with Crippen molar-refractivity contribution in [3.8, 4) is 0 Å². The van der Waals surface area contributed by atoms with E-state index in [-0.39, 0.29) is 18.0 Å². The molecule has 0 aliphatic carbocycles. The van der Waals surface area contributed by atoms with Crippen molar-refractivity contribution < 1.29 is 9.53 Å². The number of hydrogen-bond donors (Lipinski definition) is 0. The van der Waals surface area contributed by atoms with Crippen LogP contribution in [0.2, 0.25) is 0 Å². The lowest BCUT2D eigenvalue weighted by molar-refractivity contribution is -0.154. The van der Waals surface area contributed by atoms with Crippen LogP contribution in [0, 0.1) is 11.8 Å². The third-order valence-electron chi connectivity index (χ3n) is 2.81. The molecule has 1 unspecified atom stereocenters. The van der Waals surface area contributed by atoms with Crippen molar-refractivity contribution in [2.45, 2.75) is 46.6 Å². The van der Waals surface area contributed by atoms with E-state index in [9.17, 15) is 4.79 Å². The number of hydrogen-bond acceptors (Lipinski definition) is 3. The van der Waals surface area contributed by atoms with Gasteiger partial charge in [-0.15, -0.1) is 0 Å². The summed E-state index contributed by atoms with van der Waals surface area (Å²) < 4.78 is 5.28. The van der Waals surface area contributed by atoms with E-state index < -0.39 is 0 Å². The van der Waals surface area contributed by atoms with Gasteiger partial charge in [-0.3, -0.25) is 4.79 Å². The molecule has 94 valence electrons. The molecule has 3 nitrogen and oxygen atoms in total. The second-order valence-corrected chi connectivity index (χ2v) is 5.48. The zero-order valence-electron chi connectivity index (χ0n) is 11.0. The first-order chi connectivity index (χ1) is 7.49. The Morgan fingerprint density at radius 2 is 2.06 bits per heavy atom. The number of carbonyl (C=O) groups is 1. The summed E-state index contributed by atoms with van der Waals surface area (Å²) in [6.07, 6.45) is 2.11. The first kappa shape index (κ1) is 13.5. The first-order valence-corrected chi connectivity index (χ1v) is 6.42. The lowest BCUT2D eigenvalue weighted by atomic mass is 9.97. The second kappa shape index (κ2) is 6.24. The summed E-state index contributed by atoms with van der Waals surface area (Å²) in [5.74, 6) is 0.748. The van der Waals surface area contributed by atoms with E-state index in [1.54, 1.807) is 0 Å². The highest BCUT2D eigenvalue weighted by molar-refractivity contribution is 5.73. The van der Waals surface area contributed by atoms with Crippen molar-refractivity contribution in [3.05, 3.63) is 0 Å². The molecule has 16 heavy (non-hydrogen) atoms. The van der Waals surface area contributed by atoms with E-state index in [2.05, 4.69) is 18.7 Å². The van der Waals surface area contributed by atoms with Gasteiger partial charge in [0.15, 0.2) is 0 Å². The number of carbonyl (C=O) groups excluding carboxylic acids is 1. The molecule has 0 spiro atoms. The zero-order valence-corrected chi connectivity index (χ0v) is 11.0. The third kappa shape index (κ3) is 4.52. The third-order valence-corrected chi connectivity index (χ3v) is 2.81. The van der Waals surface area contributed by atoms with E-state index in [1.807, 2.05) is 13.8 Å².